The third-order valence-corrected chi connectivity index (χ3v) is 3.70. The smallest absolute Gasteiger partial charge is 0.407 e. The largest absolute Gasteiger partial charge is 0.481 e. The van der Waals surface area contributed by atoms with Crippen LogP contribution in [-0.2, 0) is 11.2 Å². The first-order valence-corrected chi connectivity index (χ1v) is 6.44. The molecule has 5 nitrogen and oxygen atoms in total. The van der Waals surface area contributed by atoms with Crippen molar-refractivity contribution in [1.29, 1.82) is 0 Å². The highest BCUT2D eigenvalue weighted by atomic mass is 19.1. The molecule has 108 valence electrons. The zero-order chi connectivity index (χ0) is 14.7. The average Bonchev–Trinajstić information content (AvgIpc) is 2.41. The van der Waals surface area contributed by atoms with Gasteiger partial charge in [0.05, 0.1) is 5.92 Å². The second kappa shape index (κ2) is 5.90. The first-order valence-electron chi connectivity index (χ1n) is 6.44. The Morgan fingerprint density at radius 3 is 2.45 bits per heavy atom. The fourth-order valence-corrected chi connectivity index (χ4v) is 2.61. The minimum atomic E-state index is -1.04. The summed E-state index contributed by atoms with van der Waals surface area (Å²) in [5.74, 6) is -1.76. The molecule has 2 N–H and O–H groups in total. The topological polar surface area (TPSA) is 77.8 Å². The van der Waals surface area contributed by atoms with Gasteiger partial charge in [0.15, 0.2) is 0 Å². The van der Waals surface area contributed by atoms with Crippen molar-refractivity contribution in [2.45, 2.75) is 25.3 Å². The molecule has 0 spiro atoms. The fourth-order valence-electron chi connectivity index (χ4n) is 2.61. The molecule has 1 aromatic carbocycles. The molecule has 1 aliphatic heterocycles. The van der Waals surface area contributed by atoms with Crippen molar-refractivity contribution in [3.63, 3.8) is 0 Å². The van der Waals surface area contributed by atoms with Gasteiger partial charge in [-0.05, 0) is 37.0 Å². The molecule has 1 fully saturated rings. The van der Waals surface area contributed by atoms with Crippen molar-refractivity contribution in [3.05, 3.63) is 35.6 Å². The number of halogens is 1. The van der Waals surface area contributed by atoms with Crippen LogP contribution in [0.15, 0.2) is 24.3 Å². The summed E-state index contributed by atoms with van der Waals surface area (Å²) in [5.41, 5.74) is 0.800. The lowest BCUT2D eigenvalue weighted by Crippen LogP contribution is -2.47. The Morgan fingerprint density at radius 1 is 1.25 bits per heavy atom. The molecule has 0 radical (unpaired) electrons. The summed E-state index contributed by atoms with van der Waals surface area (Å²) in [5, 5.41) is 18.2. The molecule has 1 aliphatic rings. The van der Waals surface area contributed by atoms with Crippen molar-refractivity contribution < 1.29 is 24.2 Å². The summed E-state index contributed by atoms with van der Waals surface area (Å²) in [6, 6.07) is 5.45. The third kappa shape index (κ3) is 3.26. The second-order valence-electron chi connectivity index (χ2n) is 5.02. The van der Waals surface area contributed by atoms with Gasteiger partial charge in [-0.2, -0.15) is 0 Å². The number of hydrogen-bond acceptors (Lipinski definition) is 2. The number of likely N-dealkylation sites (tertiary alicyclic amines) is 1. The molecule has 0 saturated carbocycles. The van der Waals surface area contributed by atoms with Gasteiger partial charge < -0.3 is 15.1 Å². The molecule has 2 atom stereocenters. The number of carbonyl (C=O) groups is 2. The SMILES string of the molecule is O=C(O)C1CCN(C(=O)O)C(Cc2ccc(F)cc2)C1. The maximum Gasteiger partial charge on any atom is 0.407 e. The number of rotatable bonds is 3. The van der Waals surface area contributed by atoms with Crippen LogP contribution in [0.25, 0.3) is 0 Å². The molecule has 1 aromatic rings. The molecule has 1 saturated heterocycles. The molecule has 2 unspecified atom stereocenters. The Bertz CT molecular complexity index is 502. The lowest BCUT2D eigenvalue weighted by molar-refractivity contribution is -0.143. The Balaban J connectivity index is 2.12. The van der Waals surface area contributed by atoms with Crippen LogP contribution in [0.1, 0.15) is 18.4 Å². The van der Waals surface area contributed by atoms with Crippen LogP contribution in [0.2, 0.25) is 0 Å². The van der Waals surface area contributed by atoms with E-state index in [1.165, 1.54) is 17.0 Å². The number of amides is 1. The van der Waals surface area contributed by atoms with Crippen molar-refractivity contribution in [2.24, 2.45) is 5.92 Å². The van der Waals surface area contributed by atoms with Crippen molar-refractivity contribution >= 4 is 12.1 Å². The van der Waals surface area contributed by atoms with Crippen molar-refractivity contribution in [3.8, 4) is 0 Å². The fraction of sp³-hybridized carbons (Fsp3) is 0.429. The van der Waals surface area contributed by atoms with Crippen LogP contribution in [0, 0.1) is 11.7 Å². The van der Waals surface area contributed by atoms with E-state index >= 15 is 0 Å². The summed E-state index contributed by atoms with van der Waals surface area (Å²) >= 11 is 0. The van der Waals surface area contributed by atoms with Crippen molar-refractivity contribution in [2.75, 3.05) is 6.54 Å². The van der Waals surface area contributed by atoms with E-state index in [2.05, 4.69) is 0 Å². The van der Waals surface area contributed by atoms with Crippen LogP contribution >= 0.6 is 0 Å². The van der Waals surface area contributed by atoms with Gasteiger partial charge in [0.1, 0.15) is 5.82 Å². The first kappa shape index (κ1) is 14.3. The monoisotopic (exact) mass is 281 g/mol. The van der Waals surface area contributed by atoms with Crippen LogP contribution < -0.4 is 0 Å². The number of nitrogens with zero attached hydrogens (tertiary/aromatic N) is 1. The maximum absolute atomic E-state index is 12.9. The molecule has 0 aliphatic carbocycles. The molecule has 1 heterocycles. The van der Waals surface area contributed by atoms with E-state index in [-0.39, 0.29) is 18.4 Å². The highest BCUT2D eigenvalue weighted by Gasteiger charge is 2.34. The minimum absolute atomic E-state index is 0.220. The van der Waals surface area contributed by atoms with Gasteiger partial charge in [0, 0.05) is 12.6 Å². The average molecular weight is 281 g/mol. The van der Waals surface area contributed by atoms with Gasteiger partial charge >= 0.3 is 12.1 Å². The molecular formula is C14H16FNO4. The Kier molecular flexibility index (Phi) is 4.22. The van der Waals surface area contributed by atoms with Crippen LogP contribution in [0.4, 0.5) is 9.18 Å². The van der Waals surface area contributed by atoms with E-state index in [0.29, 0.717) is 19.3 Å². The summed E-state index contributed by atoms with van der Waals surface area (Å²) in [7, 11) is 0. The van der Waals surface area contributed by atoms with E-state index in [4.69, 9.17) is 5.11 Å². The molecular weight excluding hydrogens is 265 g/mol. The molecule has 20 heavy (non-hydrogen) atoms. The van der Waals surface area contributed by atoms with E-state index in [0.717, 1.165) is 5.56 Å². The summed E-state index contributed by atoms with van der Waals surface area (Å²) < 4.78 is 12.9. The zero-order valence-electron chi connectivity index (χ0n) is 10.8. The second-order valence-corrected chi connectivity index (χ2v) is 5.02. The predicted molar refractivity (Wildman–Crippen MR) is 69.0 cm³/mol. The molecule has 1 amide bonds. The Morgan fingerprint density at radius 2 is 1.90 bits per heavy atom. The Hall–Kier alpha value is -2.11. The maximum atomic E-state index is 12.9. The summed E-state index contributed by atoms with van der Waals surface area (Å²) in [4.78, 5) is 23.5. The minimum Gasteiger partial charge on any atom is -0.481 e. The molecule has 0 bridgehead atoms. The lowest BCUT2D eigenvalue weighted by Gasteiger charge is -2.36. The van der Waals surface area contributed by atoms with E-state index in [1.54, 1.807) is 12.1 Å². The van der Waals surface area contributed by atoms with Gasteiger partial charge in [-0.25, -0.2) is 9.18 Å². The Labute approximate surface area is 115 Å². The summed E-state index contributed by atoms with van der Waals surface area (Å²) in [6.45, 7) is 0.220. The van der Waals surface area contributed by atoms with Crippen LogP contribution in [-0.4, -0.2) is 39.8 Å². The lowest BCUT2D eigenvalue weighted by atomic mass is 9.88. The van der Waals surface area contributed by atoms with Gasteiger partial charge in [-0.15, -0.1) is 0 Å². The molecule has 2 rings (SSSR count). The van der Waals surface area contributed by atoms with Gasteiger partial charge in [-0.1, -0.05) is 12.1 Å². The van der Waals surface area contributed by atoms with Crippen LogP contribution in [0.3, 0.4) is 0 Å². The third-order valence-electron chi connectivity index (χ3n) is 3.70. The zero-order valence-corrected chi connectivity index (χ0v) is 10.8. The van der Waals surface area contributed by atoms with Gasteiger partial charge in [0.25, 0.3) is 0 Å². The first-order chi connectivity index (χ1) is 9.47. The normalized spacial score (nSPS) is 22.6. The van der Waals surface area contributed by atoms with Crippen LogP contribution in [0.5, 0.6) is 0 Å². The van der Waals surface area contributed by atoms with Crippen molar-refractivity contribution in [1.82, 2.24) is 4.90 Å². The standard InChI is InChI=1S/C14H16FNO4/c15-11-3-1-9(2-4-11)7-12-8-10(13(17)18)5-6-16(12)14(19)20/h1-4,10,12H,5-8H2,(H,17,18)(H,19,20). The summed E-state index contributed by atoms with van der Waals surface area (Å²) in [6.07, 6.45) is -0.0161. The number of benzene rings is 1. The highest BCUT2D eigenvalue weighted by Crippen LogP contribution is 2.26. The van der Waals surface area contributed by atoms with E-state index < -0.39 is 18.0 Å². The predicted octanol–water partition coefficient (Wildman–Crippen LogP) is 2.21. The number of hydrogen-bond donors (Lipinski definition) is 2. The number of piperidine rings is 1. The van der Waals surface area contributed by atoms with E-state index in [9.17, 15) is 19.1 Å². The van der Waals surface area contributed by atoms with E-state index in [1.807, 2.05) is 0 Å². The quantitative estimate of drug-likeness (QED) is 0.890. The highest BCUT2D eigenvalue weighted by molar-refractivity contribution is 5.71. The molecule has 0 aromatic heterocycles. The number of carboxylic acid groups (broad SMARTS) is 2. The van der Waals surface area contributed by atoms with Gasteiger partial charge in [0.2, 0.25) is 0 Å². The number of aliphatic carboxylic acids is 1. The van der Waals surface area contributed by atoms with Gasteiger partial charge in [-0.3, -0.25) is 4.79 Å². The molecule has 6 heteroatoms. The number of carboxylic acids is 1.